The lowest BCUT2D eigenvalue weighted by atomic mass is 9.69. The van der Waals surface area contributed by atoms with E-state index < -0.39 is 22.8 Å². The third-order valence-electron chi connectivity index (χ3n) is 5.83. The third kappa shape index (κ3) is 8.29. The summed E-state index contributed by atoms with van der Waals surface area (Å²) in [7, 11) is 3.23. The van der Waals surface area contributed by atoms with Gasteiger partial charge in [-0.25, -0.2) is 4.39 Å². The smallest absolute Gasteiger partial charge is 0.323 e. The Labute approximate surface area is 214 Å². The Bertz CT molecular complexity index is 971. The molecule has 10 heteroatoms. The summed E-state index contributed by atoms with van der Waals surface area (Å²) in [5.74, 6) is -0.890. The average molecular weight is 502 g/mol. The topological polar surface area (TPSA) is 84.7 Å². The maximum Gasteiger partial charge on any atom is 0.323 e. The van der Waals surface area contributed by atoms with E-state index in [4.69, 9.17) is 22.1 Å². The molecule has 188 valence electrons. The highest BCUT2D eigenvalue weighted by Gasteiger charge is 2.40. The van der Waals surface area contributed by atoms with Gasteiger partial charge in [0.2, 0.25) is 5.91 Å². The van der Waals surface area contributed by atoms with Gasteiger partial charge in [-0.1, -0.05) is 31.2 Å². The van der Waals surface area contributed by atoms with Gasteiger partial charge < -0.3 is 20.7 Å². The molecule has 0 heterocycles. The van der Waals surface area contributed by atoms with Crippen LogP contribution in [0.4, 0.5) is 10.1 Å². The molecule has 6 nitrogen and oxygen atoms in total. The van der Waals surface area contributed by atoms with Crippen LogP contribution in [0, 0.1) is 5.82 Å². The van der Waals surface area contributed by atoms with Crippen LogP contribution in [0.15, 0.2) is 48.5 Å². The number of carbonyl (C=O) groups is 2. The van der Waals surface area contributed by atoms with Crippen LogP contribution in [-0.2, 0) is 27.2 Å². The van der Waals surface area contributed by atoms with Crippen LogP contribution in [0.3, 0.4) is 0 Å². The van der Waals surface area contributed by atoms with E-state index in [2.05, 4.69) is 17.1 Å². The highest BCUT2D eigenvalue weighted by atomic mass is 35.5. The summed E-state index contributed by atoms with van der Waals surface area (Å²) in [5.41, 5.74) is 6.44. The van der Waals surface area contributed by atoms with E-state index >= 15 is 0 Å². The molecule has 0 aliphatic carbocycles. The maximum atomic E-state index is 13.3. The number of benzene rings is 2. The van der Waals surface area contributed by atoms with Gasteiger partial charge in [0.05, 0.1) is 12.0 Å². The lowest BCUT2D eigenvalue weighted by Crippen LogP contribution is -2.65. The number of rotatable bonds is 13. The molecule has 2 atom stereocenters. The summed E-state index contributed by atoms with van der Waals surface area (Å²) in [5, 5.41) is 2.81. The van der Waals surface area contributed by atoms with E-state index in [0.717, 1.165) is 30.8 Å². The molecule has 0 spiro atoms. The molecule has 2 aromatic carbocycles. The zero-order chi connectivity index (χ0) is 26.1. The standard InChI is InChI=1S/C25H35B2ClFN3O3/c1-3-14-32(15-13-28)21-11-7-18(8-12-21)16-24(26,30)22(33)31-25(27,23(34)35-4-2)17-19-5-9-20(29)10-6-19/h5-12H,3-4,13-17,26-27,30H2,1-2H3,(H,31,33). The van der Waals surface area contributed by atoms with Crippen LogP contribution in [0.5, 0.6) is 0 Å². The fraction of sp³-hybridized carbons (Fsp3) is 0.440. The molecule has 1 amide bonds. The third-order valence-corrected chi connectivity index (χ3v) is 5.99. The van der Waals surface area contributed by atoms with Gasteiger partial charge in [0.25, 0.3) is 0 Å². The molecule has 0 aliphatic rings. The quantitative estimate of drug-likeness (QED) is 0.246. The van der Waals surface area contributed by atoms with Crippen LogP contribution >= 0.6 is 11.6 Å². The zero-order valence-electron chi connectivity index (χ0n) is 21.1. The predicted octanol–water partition coefficient (Wildman–Crippen LogP) is 1.36. The number of halogens is 2. The Kier molecular flexibility index (Phi) is 10.7. The Morgan fingerprint density at radius 1 is 1.03 bits per heavy atom. The van der Waals surface area contributed by atoms with Gasteiger partial charge in [-0.3, -0.25) is 9.59 Å². The first-order chi connectivity index (χ1) is 16.5. The average Bonchev–Trinajstić information content (AvgIpc) is 2.81. The van der Waals surface area contributed by atoms with Gasteiger partial charge >= 0.3 is 5.97 Å². The minimum atomic E-state index is -1.36. The maximum absolute atomic E-state index is 13.3. The summed E-state index contributed by atoms with van der Waals surface area (Å²) >= 11 is 5.94. The van der Waals surface area contributed by atoms with Crippen LogP contribution in [0.25, 0.3) is 0 Å². The van der Waals surface area contributed by atoms with Crippen LogP contribution < -0.4 is 16.0 Å². The predicted molar refractivity (Wildman–Crippen MR) is 145 cm³/mol. The number of nitrogens with two attached hydrogens (primary N) is 1. The number of hydrogen-bond donors (Lipinski definition) is 2. The molecule has 2 aromatic rings. The number of alkyl halides is 1. The second-order valence-corrected chi connectivity index (χ2v) is 9.62. The van der Waals surface area contributed by atoms with Crippen LogP contribution in [0.2, 0.25) is 0 Å². The van der Waals surface area contributed by atoms with Crippen LogP contribution in [-0.4, -0.2) is 64.0 Å². The van der Waals surface area contributed by atoms with Gasteiger partial charge in [0, 0.05) is 24.7 Å². The second-order valence-electron chi connectivity index (χ2n) is 9.25. The highest BCUT2D eigenvalue weighted by Crippen LogP contribution is 2.20. The molecule has 0 saturated carbocycles. The van der Waals surface area contributed by atoms with Crippen LogP contribution in [0.1, 0.15) is 31.4 Å². The molecule has 0 bridgehead atoms. The van der Waals surface area contributed by atoms with E-state index in [1.165, 1.54) is 12.1 Å². The molecule has 2 unspecified atom stereocenters. The number of anilines is 1. The monoisotopic (exact) mass is 501 g/mol. The number of nitrogens with one attached hydrogen (secondary N) is 1. The lowest BCUT2D eigenvalue weighted by Gasteiger charge is -2.33. The molecular weight excluding hydrogens is 466 g/mol. The van der Waals surface area contributed by atoms with Crippen molar-refractivity contribution in [3.05, 3.63) is 65.5 Å². The number of amides is 1. The SMILES string of the molecule is BC(N)(Cc1ccc(N(CCC)CCCl)cc1)C(=O)NC(B)(Cc1ccc(F)cc1)C(=O)OCC. The summed E-state index contributed by atoms with van der Waals surface area (Å²) in [6.45, 7) is 5.65. The molecule has 0 saturated heterocycles. The Hall–Kier alpha value is -2.51. The van der Waals surface area contributed by atoms with E-state index in [0.29, 0.717) is 11.4 Å². The molecule has 0 radical (unpaired) electrons. The van der Waals surface area contributed by atoms with Crippen molar-refractivity contribution in [2.45, 2.75) is 44.0 Å². The van der Waals surface area contributed by atoms with E-state index in [-0.39, 0.29) is 25.3 Å². The van der Waals surface area contributed by atoms with Gasteiger partial charge in [0.15, 0.2) is 0 Å². The van der Waals surface area contributed by atoms with E-state index in [9.17, 15) is 14.0 Å². The van der Waals surface area contributed by atoms with Crippen molar-refractivity contribution in [3.8, 4) is 0 Å². The fourth-order valence-electron chi connectivity index (χ4n) is 3.93. The molecular formula is C25H35B2ClFN3O3. The minimum Gasteiger partial charge on any atom is -0.465 e. The van der Waals surface area contributed by atoms with Gasteiger partial charge in [-0.2, -0.15) is 0 Å². The molecule has 0 fully saturated rings. The first-order valence-corrected chi connectivity index (χ1v) is 12.5. The Morgan fingerprint density at radius 2 is 1.60 bits per heavy atom. The van der Waals surface area contributed by atoms with Crippen molar-refractivity contribution < 1.29 is 18.7 Å². The van der Waals surface area contributed by atoms with E-state index in [1.807, 2.05) is 24.3 Å². The summed E-state index contributed by atoms with van der Waals surface area (Å²) < 4.78 is 18.6. The van der Waals surface area contributed by atoms with Crippen molar-refractivity contribution in [2.24, 2.45) is 5.73 Å². The number of carbonyl (C=O) groups excluding carboxylic acids is 2. The van der Waals surface area contributed by atoms with E-state index in [1.54, 1.807) is 34.7 Å². The first kappa shape index (κ1) is 28.7. The largest absolute Gasteiger partial charge is 0.465 e. The molecule has 0 aliphatic heterocycles. The van der Waals surface area contributed by atoms with Gasteiger partial charge in [-0.05, 0) is 61.6 Å². The first-order valence-electron chi connectivity index (χ1n) is 12.0. The second kappa shape index (κ2) is 13.0. The van der Waals surface area contributed by atoms with Crippen molar-refractivity contribution in [2.75, 3.05) is 30.5 Å². The minimum absolute atomic E-state index is 0.135. The van der Waals surface area contributed by atoms with Crippen molar-refractivity contribution in [1.29, 1.82) is 0 Å². The molecule has 0 aromatic heterocycles. The summed E-state index contributed by atoms with van der Waals surface area (Å²) in [4.78, 5) is 28.3. The number of nitrogens with zero attached hydrogens (tertiary/aromatic N) is 1. The Morgan fingerprint density at radius 3 is 2.14 bits per heavy atom. The fourth-order valence-corrected chi connectivity index (χ4v) is 4.14. The molecule has 3 N–H and O–H groups in total. The molecule has 35 heavy (non-hydrogen) atoms. The van der Waals surface area contributed by atoms with Gasteiger partial charge in [-0.15, -0.1) is 11.6 Å². The number of esters is 1. The van der Waals surface area contributed by atoms with Gasteiger partial charge in [0.1, 0.15) is 26.9 Å². The van der Waals surface area contributed by atoms with Crippen molar-refractivity contribution in [1.82, 2.24) is 5.32 Å². The lowest BCUT2D eigenvalue weighted by molar-refractivity contribution is -0.149. The summed E-state index contributed by atoms with van der Waals surface area (Å²) in [6.07, 6.45) is 1.42. The zero-order valence-corrected chi connectivity index (χ0v) is 21.8. The number of ether oxygens (including phenoxy) is 1. The summed E-state index contributed by atoms with van der Waals surface area (Å²) in [6, 6.07) is 13.7. The molecule has 2 rings (SSSR count). The normalized spacial score (nSPS) is 14.4. The highest BCUT2D eigenvalue weighted by molar-refractivity contribution is 6.32. The van der Waals surface area contributed by atoms with Crippen molar-refractivity contribution in [3.63, 3.8) is 0 Å². The Balaban J connectivity index is 2.17. The van der Waals surface area contributed by atoms with Crippen molar-refractivity contribution >= 4 is 44.9 Å². The number of hydrogen-bond acceptors (Lipinski definition) is 5.